The van der Waals surface area contributed by atoms with Gasteiger partial charge in [-0.2, -0.15) is 0 Å². The summed E-state index contributed by atoms with van der Waals surface area (Å²) in [5.41, 5.74) is 4.27. The first kappa shape index (κ1) is 14.9. The third-order valence-electron chi connectivity index (χ3n) is 4.52. The largest absolute Gasteiger partial charge is 0.379 e. The predicted octanol–water partition coefficient (Wildman–Crippen LogP) is 2.52. The molecule has 1 aromatic heterocycles. The van der Waals surface area contributed by atoms with Crippen molar-refractivity contribution < 1.29 is 4.74 Å². The number of rotatable bonds is 4. The Morgan fingerprint density at radius 1 is 1.29 bits per heavy atom. The second-order valence-electron chi connectivity index (χ2n) is 6.04. The van der Waals surface area contributed by atoms with Crippen LogP contribution in [0.1, 0.15) is 25.5 Å². The molecule has 1 aromatic carbocycles. The second kappa shape index (κ2) is 6.02. The summed E-state index contributed by atoms with van der Waals surface area (Å²) in [6.45, 7) is 8.01. The molecular formula is C16H23N3OS. The first-order valence-corrected chi connectivity index (χ1v) is 8.27. The van der Waals surface area contributed by atoms with Crippen molar-refractivity contribution in [2.24, 2.45) is 5.84 Å². The van der Waals surface area contributed by atoms with Crippen LogP contribution in [0.2, 0.25) is 0 Å². The summed E-state index contributed by atoms with van der Waals surface area (Å²) in [4.78, 5) is 2.47. The Balaban J connectivity index is 1.98. The molecule has 1 aliphatic rings. The van der Waals surface area contributed by atoms with Crippen LogP contribution in [0.15, 0.2) is 29.6 Å². The van der Waals surface area contributed by atoms with E-state index in [4.69, 9.17) is 10.6 Å². The van der Waals surface area contributed by atoms with E-state index >= 15 is 0 Å². The SMILES string of the molecule is CC(C)(C(NN)c1cccc2ccsc12)N1CCOCC1. The number of nitrogens with one attached hydrogen (secondary N) is 1. The quantitative estimate of drug-likeness (QED) is 0.673. The Labute approximate surface area is 129 Å². The van der Waals surface area contributed by atoms with Gasteiger partial charge in [-0.3, -0.25) is 16.2 Å². The first-order valence-electron chi connectivity index (χ1n) is 7.39. The van der Waals surface area contributed by atoms with Gasteiger partial charge in [-0.05, 0) is 36.2 Å². The van der Waals surface area contributed by atoms with Gasteiger partial charge in [0.15, 0.2) is 0 Å². The molecule has 1 unspecified atom stereocenters. The van der Waals surface area contributed by atoms with Crippen molar-refractivity contribution in [1.82, 2.24) is 10.3 Å². The number of morpholine rings is 1. The molecule has 0 spiro atoms. The lowest BCUT2D eigenvalue weighted by molar-refractivity contribution is -0.0236. The number of hydrogen-bond donors (Lipinski definition) is 2. The van der Waals surface area contributed by atoms with Crippen LogP contribution in [0.3, 0.4) is 0 Å². The molecule has 5 heteroatoms. The average molecular weight is 305 g/mol. The third-order valence-corrected chi connectivity index (χ3v) is 5.50. The Bertz CT molecular complexity index is 604. The summed E-state index contributed by atoms with van der Waals surface area (Å²) in [5, 5.41) is 3.43. The highest BCUT2D eigenvalue weighted by Gasteiger charge is 2.37. The summed E-state index contributed by atoms with van der Waals surface area (Å²) in [6, 6.07) is 8.71. The summed E-state index contributed by atoms with van der Waals surface area (Å²) < 4.78 is 6.80. The number of nitrogens with two attached hydrogens (primary N) is 1. The molecule has 0 radical (unpaired) electrons. The van der Waals surface area contributed by atoms with E-state index in [0.717, 1.165) is 26.3 Å². The minimum absolute atomic E-state index is 0.0726. The van der Waals surface area contributed by atoms with E-state index in [-0.39, 0.29) is 11.6 Å². The average Bonchev–Trinajstić information content (AvgIpc) is 2.98. The molecule has 1 saturated heterocycles. The topological polar surface area (TPSA) is 50.5 Å². The van der Waals surface area contributed by atoms with Crippen LogP contribution in [-0.2, 0) is 4.74 Å². The Morgan fingerprint density at radius 2 is 2.05 bits per heavy atom. The van der Waals surface area contributed by atoms with Crippen LogP contribution in [-0.4, -0.2) is 36.7 Å². The van der Waals surface area contributed by atoms with Gasteiger partial charge in [-0.15, -0.1) is 11.3 Å². The van der Waals surface area contributed by atoms with Crippen molar-refractivity contribution in [2.75, 3.05) is 26.3 Å². The number of ether oxygens (including phenoxy) is 1. The normalized spacial score (nSPS) is 19.0. The molecule has 21 heavy (non-hydrogen) atoms. The maximum Gasteiger partial charge on any atom is 0.0652 e. The van der Waals surface area contributed by atoms with Gasteiger partial charge in [0.1, 0.15) is 0 Å². The number of nitrogens with zero attached hydrogens (tertiary/aromatic N) is 1. The van der Waals surface area contributed by atoms with E-state index in [9.17, 15) is 0 Å². The van der Waals surface area contributed by atoms with Crippen molar-refractivity contribution in [2.45, 2.75) is 25.4 Å². The smallest absolute Gasteiger partial charge is 0.0652 e. The van der Waals surface area contributed by atoms with Crippen LogP contribution >= 0.6 is 11.3 Å². The van der Waals surface area contributed by atoms with Gasteiger partial charge in [-0.1, -0.05) is 18.2 Å². The van der Waals surface area contributed by atoms with E-state index < -0.39 is 0 Å². The number of hydrogen-bond acceptors (Lipinski definition) is 5. The molecule has 0 bridgehead atoms. The number of hydrazine groups is 1. The van der Waals surface area contributed by atoms with E-state index in [1.165, 1.54) is 15.6 Å². The van der Waals surface area contributed by atoms with Gasteiger partial charge in [0, 0.05) is 23.3 Å². The molecule has 114 valence electrons. The number of fused-ring (bicyclic) bond motifs is 1. The lowest BCUT2D eigenvalue weighted by atomic mass is 9.86. The number of thiophene rings is 1. The van der Waals surface area contributed by atoms with E-state index in [1.807, 2.05) is 0 Å². The van der Waals surface area contributed by atoms with Crippen LogP contribution < -0.4 is 11.3 Å². The Morgan fingerprint density at radius 3 is 2.76 bits per heavy atom. The fraction of sp³-hybridized carbons (Fsp3) is 0.500. The van der Waals surface area contributed by atoms with Crippen LogP contribution in [0, 0.1) is 0 Å². The summed E-state index contributed by atoms with van der Waals surface area (Å²) in [6.07, 6.45) is 0. The van der Waals surface area contributed by atoms with Crippen molar-refractivity contribution in [3.63, 3.8) is 0 Å². The van der Waals surface area contributed by atoms with Crippen LogP contribution in [0.25, 0.3) is 10.1 Å². The molecule has 4 nitrogen and oxygen atoms in total. The van der Waals surface area contributed by atoms with Gasteiger partial charge in [0.25, 0.3) is 0 Å². The van der Waals surface area contributed by atoms with Gasteiger partial charge in [0.05, 0.1) is 19.3 Å². The zero-order chi connectivity index (χ0) is 14.9. The minimum atomic E-state index is -0.0726. The molecule has 1 aliphatic heterocycles. The zero-order valence-electron chi connectivity index (χ0n) is 12.6. The maximum absolute atomic E-state index is 5.95. The summed E-state index contributed by atoms with van der Waals surface area (Å²) >= 11 is 1.78. The van der Waals surface area contributed by atoms with E-state index in [0.29, 0.717) is 0 Å². The first-order chi connectivity index (χ1) is 10.1. The molecule has 1 fully saturated rings. The standard InChI is InChI=1S/C16H23N3OS/c1-16(2,19-7-9-20-10-8-19)15(18-17)13-5-3-4-12-6-11-21-14(12)13/h3-6,11,15,18H,7-10,17H2,1-2H3. The molecular weight excluding hydrogens is 282 g/mol. The lowest BCUT2D eigenvalue weighted by Crippen LogP contribution is -2.57. The van der Waals surface area contributed by atoms with Gasteiger partial charge in [0.2, 0.25) is 0 Å². The van der Waals surface area contributed by atoms with Gasteiger partial charge >= 0.3 is 0 Å². The molecule has 3 rings (SSSR count). The van der Waals surface area contributed by atoms with E-state index in [2.05, 4.69) is 53.8 Å². The molecule has 2 heterocycles. The fourth-order valence-electron chi connectivity index (χ4n) is 3.24. The van der Waals surface area contributed by atoms with Gasteiger partial charge in [-0.25, -0.2) is 0 Å². The van der Waals surface area contributed by atoms with Crippen molar-refractivity contribution in [3.05, 3.63) is 35.2 Å². The van der Waals surface area contributed by atoms with Gasteiger partial charge < -0.3 is 4.74 Å². The second-order valence-corrected chi connectivity index (χ2v) is 6.96. The number of benzene rings is 1. The van der Waals surface area contributed by atoms with E-state index in [1.54, 1.807) is 11.3 Å². The lowest BCUT2D eigenvalue weighted by Gasteiger charge is -2.45. The molecule has 2 aromatic rings. The van der Waals surface area contributed by atoms with Crippen molar-refractivity contribution in [3.8, 4) is 0 Å². The minimum Gasteiger partial charge on any atom is -0.379 e. The molecule has 0 amide bonds. The maximum atomic E-state index is 5.95. The highest BCUT2D eigenvalue weighted by atomic mass is 32.1. The third kappa shape index (κ3) is 2.72. The van der Waals surface area contributed by atoms with Crippen LogP contribution in [0.5, 0.6) is 0 Å². The fourth-order valence-corrected chi connectivity index (χ4v) is 4.18. The Hall–Kier alpha value is -0.980. The zero-order valence-corrected chi connectivity index (χ0v) is 13.5. The molecule has 1 atom stereocenters. The highest BCUT2D eigenvalue weighted by Crippen LogP contribution is 2.36. The molecule has 0 saturated carbocycles. The monoisotopic (exact) mass is 305 g/mol. The summed E-state index contributed by atoms with van der Waals surface area (Å²) in [5.74, 6) is 5.95. The molecule has 3 N–H and O–H groups in total. The summed E-state index contributed by atoms with van der Waals surface area (Å²) in [7, 11) is 0. The van der Waals surface area contributed by atoms with Crippen molar-refractivity contribution in [1.29, 1.82) is 0 Å². The van der Waals surface area contributed by atoms with Crippen molar-refractivity contribution >= 4 is 21.4 Å². The molecule has 0 aliphatic carbocycles. The van der Waals surface area contributed by atoms with Crippen LogP contribution in [0.4, 0.5) is 0 Å². The Kier molecular flexibility index (Phi) is 4.28. The predicted molar refractivity (Wildman–Crippen MR) is 88.4 cm³/mol. The highest BCUT2D eigenvalue weighted by molar-refractivity contribution is 7.17.